The lowest BCUT2D eigenvalue weighted by Crippen LogP contribution is -2.31. The molecule has 9 heteroatoms. The number of imide groups is 1. The molecule has 0 aromatic heterocycles. The molecule has 8 nitrogen and oxygen atoms in total. The Morgan fingerprint density at radius 3 is 2.16 bits per heavy atom. The first kappa shape index (κ1) is 23.6. The third kappa shape index (κ3) is 4.89. The maximum Gasteiger partial charge on any atom is 0.255 e. The Balaban J connectivity index is 1.75. The summed E-state index contributed by atoms with van der Waals surface area (Å²) in [6.45, 7) is 6.18. The zero-order valence-corrected chi connectivity index (χ0v) is 19.2. The number of amides is 3. The molecule has 1 aliphatic rings. The molecule has 1 N–H and O–H groups in total. The van der Waals surface area contributed by atoms with Crippen molar-refractivity contribution in [3.63, 3.8) is 0 Å². The summed E-state index contributed by atoms with van der Waals surface area (Å²) in [5.74, 6) is -0.766. The molecular weight excluding hydrogens is 430 g/mol. The van der Waals surface area contributed by atoms with Crippen molar-refractivity contribution in [1.82, 2.24) is 9.21 Å². The molecule has 32 heavy (non-hydrogen) atoms. The van der Waals surface area contributed by atoms with E-state index >= 15 is 0 Å². The molecule has 0 bridgehead atoms. The number of anilines is 1. The molecule has 0 spiro atoms. The van der Waals surface area contributed by atoms with Gasteiger partial charge in [-0.3, -0.25) is 19.3 Å². The molecule has 170 valence electrons. The monoisotopic (exact) mass is 457 g/mol. The molecule has 1 heterocycles. The fourth-order valence-corrected chi connectivity index (χ4v) is 5.31. The van der Waals surface area contributed by atoms with Crippen molar-refractivity contribution in [3.8, 4) is 0 Å². The van der Waals surface area contributed by atoms with Crippen molar-refractivity contribution in [3.05, 3.63) is 59.2 Å². The number of likely N-dealkylation sites (tertiary alicyclic amines) is 1. The zero-order valence-electron chi connectivity index (χ0n) is 18.4. The van der Waals surface area contributed by atoms with Gasteiger partial charge in [0.2, 0.25) is 21.8 Å². The van der Waals surface area contributed by atoms with Gasteiger partial charge in [0.05, 0.1) is 11.4 Å². The summed E-state index contributed by atoms with van der Waals surface area (Å²) in [4.78, 5) is 37.6. The topological polar surface area (TPSA) is 104 Å². The normalized spacial score (nSPS) is 14.3. The smallest absolute Gasteiger partial charge is 0.255 e. The van der Waals surface area contributed by atoms with E-state index in [1.165, 1.54) is 15.3 Å². The van der Waals surface area contributed by atoms with Crippen molar-refractivity contribution >= 4 is 33.4 Å². The molecule has 0 atom stereocenters. The minimum absolute atomic E-state index is 0.161. The standard InChI is InChI=1S/C23H27N3O5S/c1-4-25(5-2)32(30,31)20-14-19(11-6-16(20)3)24-23(29)18-9-7-17(8-10-18)15-26-21(27)12-13-22(26)28/h6-11,14H,4-5,12-13,15H2,1-3H3,(H,24,29). The number of hydrogen-bond donors (Lipinski definition) is 1. The first-order chi connectivity index (χ1) is 15.2. The summed E-state index contributed by atoms with van der Waals surface area (Å²) in [7, 11) is -3.66. The van der Waals surface area contributed by atoms with Gasteiger partial charge in [-0.1, -0.05) is 32.0 Å². The van der Waals surface area contributed by atoms with E-state index in [1.54, 1.807) is 57.2 Å². The number of rotatable bonds is 8. The Bertz CT molecular complexity index is 1120. The maximum absolute atomic E-state index is 12.9. The van der Waals surface area contributed by atoms with Gasteiger partial charge < -0.3 is 5.32 Å². The molecule has 1 saturated heterocycles. The van der Waals surface area contributed by atoms with Crippen molar-refractivity contribution in [2.45, 2.75) is 45.1 Å². The Morgan fingerprint density at radius 1 is 1.00 bits per heavy atom. The van der Waals surface area contributed by atoms with Gasteiger partial charge in [0, 0.05) is 37.2 Å². The van der Waals surface area contributed by atoms with Crippen molar-refractivity contribution in [2.24, 2.45) is 0 Å². The second-order valence-corrected chi connectivity index (χ2v) is 9.50. The average molecular weight is 458 g/mol. The van der Waals surface area contributed by atoms with Crippen LogP contribution in [0.3, 0.4) is 0 Å². The SMILES string of the molecule is CCN(CC)S(=O)(=O)c1cc(NC(=O)c2ccc(CN3C(=O)CCC3=O)cc2)ccc1C. The summed E-state index contributed by atoms with van der Waals surface area (Å²) in [6.07, 6.45) is 0.476. The van der Waals surface area contributed by atoms with E-state index in [0.717, 1.165) is 5.56 Å². The molecule has 1 aliphatic heterocycles. The lowest BCUT2D eigenvalue weighted by Gasteiger charge is -2.20. The summed E-state index contributed by atoms with van der Waals surface area (Å²) in [5.41, 5.74) is 2.10. The molecule has 0 aliphatic carbocycles. The summed E-state index contributed by atoms with van der Waals surface area (Å²) in [5, 5.41) is 2.74. The highest BCUT2D eigenvalue weighted by molar-refractivity contribution is 7.89. The van der Waals surface area contributed by atoms with Crippen LogP contribution in [0.25, 0.3) is 0 Å². The van der Waals surface area contributed by atoms with Gasteiger partial charge in [0.1, 0.15) is 0 Å². The zero-order chi connectivity index (χ0) is 23.5. The molecule has 2 aromatic carbocycles. The molecule has 0 saturated carbocycles. The molecule has 3 amide bonds. The number of benzene rings is 2. The molecule has 0 radical (unpaired) electrons. The van der Waals surface area contributed by atoms with E-state index in [2.05, 4.69) is 5.32 Å². The van der Waals surface area contributed by atoms with Gasteiger partial charge in [0.15, 0.2) is 0 Å². The van der Waals surface area contributed by atoms with Gasteiger partial charge in [-0.2, -0.15) is 4.31 Å². The van der Waals surface area contributed by atoms with Crippen LogP contribution in [0.2, 0.25) is 0 Å². The van der Waals surface area contributed by atoms with E-state index in [9.17, 15) is 22.8 Å². The van der Waals surface area contributed by atoms with E-state index in [4.69, 9.17) is 0 Å². The number of sulfonamides is 1. The summed E-state index contributed by atoms with van der Waals surface area (Å²) in [6, 6.07) is 11.4. The second-order valence-electron chi connectivity index (χ2n) is 7.59. The quantitative estimate of drug-likeness (QED) is 0.614. The fourth-order valence-electron chi connectivity index (χ4n) is 3.60. The third-order valence-corrected chi connectivity index (χ3v) is 7.67. The number of carbonyl (C=O) groups is 3. The predicted octanol–water partition coefficient (Wildman–Crippen LogP) is 2.93. The van der Waals surface area contributed by atoms with Crippen LogP contribution in [0.1, 0.15) is 48.2 Å². The Kier molecular flexibility index (Phi) is 7.10. The van der Waals surface area contributed by atoms with Crippen LogP contribution in [-0.2, 0) is 26.2 Å². The van der Waals surface area contributed by atoms with Gasteiger partial charge in [-0.05, 0) is 42.3 Å². The van der Waals surface area contributed by atoms with E-state index < -0.39 is 10.0 Å². The number of nitrogens with zero attached hydrogens (tertiary/aromatic N) is 2. The van der Waals surface area contributed by atoms with Crippen LogP contribution in [0.4, 0.5) is 5.69 Å². The lowest BCUT2D eigenvalue weighted by molar-refractivity contribution is -0.139. The number of hydrogen-bond acceptors (Lipinski definition) is 5. The number of carbonyl (C=O) groups excluding carboxylic acids is 3. The van der Waals surface area contributed by atoms with Crippen LogP contribution in [0.15, 0.2) is 47.4 Å². The lowest BCUT2D eigenvalue weighted by atomic mass is 10.1. The third-order valence-electron chi connectivity index (χ3n) is 5.48. The van der Waals surface area contributed by atoms with Crippen LogP contribution < -0.4 is 5.32 Å². The van der Waals surface area contributed by atoms with E-state index in [0.29, 0.717) is 29.9 Å². The molecular formula is C23H27N3O5S. The highest BCUT2D eigenvalue weighted by Crippen LogP contribution is 2.24. The van der Waals surface area contributed by atoms with Crippen molar-refractivity contribution < 1.29 is 22.8 Å². The summed E-state index contributed by atoms with van der Waals surface area (Å²) < 4.78 is 27.2. The fraction of sp³-hybridized carbons (Fsp3) is 0.348. The van der Waals surface area contributed by atoms with Crippen molar-refractivity contribution in [1.29, 1.82) is 0 Å². The highest BCUT2D eigenvalue weighted by Gasteiger charge is 2.28. The van der Waals surface area contributed by atoms with Gasteiger partial charge in [0.25, 0.3) is 5.91 Å². The molecule has 0 unspecified atom stereocenters. The summed E-state index contributed by atoms with van der Waals surface area (Å²) >= 11 is 0. The molecule has 3 rings (SSSR count). The minimum Gasteiger partial charge on any atom is -0.322 e. The molecule has 2 aromatic rings. The Hall–Kier alpha value is -3.04. The van der Waals surface area contributed by atoms with Gasteiger partial charge >= 0.3 is 0 Å². The largest absolute Gasteiger partial charge is 0.322 e. The predicted molar refractivity (Wildman–Crippen MR) is 120 cm³/mol. The van der Waals surface area contributed by atoms with E-state index in [-0.39, 0.29) is 42.0 Å². The van der Waals surface area contributed by atoms with Crippen LogP contribution in [0.5, 0.6) is 0 Å². The van der Waals surface area contributed by atoms with Gasteiger partial charge in [-0.25, -0.2) is 8.42 Å². The van der Waals surface area contributed by atoms with Crippen LogP contribution in [0, 0.1) is 6.92 Å². The average Bonchev–Trinajstić information content (AvgIpc) is 3.08. The minimum atomic E-state index is -3.66. The Labute approximate surface area is 188 Å². The second kappa shape index (κ2) is 9.62. The number of nitrogens with one attached hydrogen (secondary N) is 1. The van der Waals surface area contributed by atoms with Gasteiger partial charge in [-0.15, -0.1) is 0 Å². The Morgan fingerprint density at radius 2 is 1.59 bits per heavy atom. The first-order valence-corrected chi connectivity index (χ1v) is 12.0. The van der Waals surface area contributed by atoms with Crippen LogP contribution >= 0.6 is 0 Å². The molecule has 1 fully saturated rings. The number of aryl methyl sites for hydroxylation is 1. The van der Waals surface area contributed by atoms with Crippen LogP contribution in [-0.4, -0.2) is 48.4 Å². The van der Waals surface area contributed by atoms with Crippen molar-refractivity contribution in [2.75, 3.05) is 18.4 Å². The first-order valence-electron chi connectivity index (χ1n) is 10.5. The highest BCUT2D eigenvalue weighted by atomic mass is 32.2. The van der Waals surface area contributed by atoms with E-state index in [1.807, 2.05) is 0 Å². The maximum atomic E-state index is 12.9.